The van der Waals surface area contributed by atoms with E-state index in [1.54, 1.807) is 18.2 Å². The van der Waals surface area contributed by atoms with Gasteiger partial charge in [0.2, 0.25) is 11.0 Å². The molecule has 0 aliphatic rings. The lowest BCUT2D eigenvalue weighted by Gasteiger charge is -2.12. The largest absolute Gasteiger partial charge is 0.328 e. The van der Waals surface area contributed by atoms with Crippen LogP contribution in [0, 0.1) is 19.7 Å². The highest BCUT2D eigenvalue weighted by Gasteiger charge is 2.18. The SMILES string of the molecule is Cc1ccc(NC(=O)C(C)Sc2nnc(Nc3ccccc3F)s2)c(C)c1. The zero-order chi connectivity index (χ0) is 19.4. The number of aryl methyl sites for hydroxylation is 2. The van der Waals surface area contributed by atoms with Gasteiger partial charge in [-0.1, -0.05) is 52.9 Å². The van der Waals surface area contributed by atoms with Crippen LogP contribution in [0.4, 0.5) is 20.9 Å². The quantitative estimate of drug-likeness (QED) is 0.558. The van der Waals surface area contributed by atoms with Crippen LogP contribution in [0.3, 0.4) is 0 Å². The number of nitrogens with one attached hydrogen (secondary N) is 2. The minimum atomic E-state index is -0.358. The van der Waals surface area contributed by atoms with Crippen LogP contribution >= 0.6 is 23.1 Å². The number of benzene rings is 2. The van der Waals surface area contributed by atoms with E-state index in [4.69, 9.17) is 0 Å². The van der Waals surface area contributed by atoms with Crippen molar-refractivity contribution in [2.75, 3.05) is 10.6 Å². The Kier molecular flexibility index (Phi) is 6.08. The second-order valence-electron chi connectivity index (χ2n) is 6.05. The van der Waals surface area contributed by atoms with Crippen LogP contribution < -0.4 is 10.6 Å². The molecular formula is C19H19FN4OS2. The normalized spacial score (nSPS) is 11.9. The standard InChI is InChI=1S/C19H19FN4OS2/c1-11-8-9-15(12(2)10-11)21-17(25)13(3)26-19-24-23-18(27-19)22-16-7-5-4-6-14(16)20/h4-10,13H,1-3H3,(H,21,25)(H,22,23). The Morgan fingerprint density at radius 1 is 1.15 bits per heavy atom. The van der Waals surface area contributed by atoms with Gasteiger partial charge in [0.25, 0.3) is 0 Å². The van der Waals surface area contributed by atoms with E-state index in [9.17, 15) is 9.18 Å². The summed E-state index contributed by atoms with van der Waals surface area (Å²) >= 11 is 2.59. The summed E-state index contributed by atoms with van der Waals surface area (Å²) < 4.78 is 14.3. The van der Waals surface area contributed by atoms with Crippen molar-refractivity contribution in [3.05, 3.63) is 59.4 Å². The van der Waals surface area contributed by atoms with Gasteiger partial charge < -0.3 is 10.6 Å². The monoisotopic (exact) mass is 402 g/mol. The van der Waals surface area contributed by atoms with Gasteiger partial charge in [-0.05, 0) is 44.5 Å². The molecule has 3 aromatic rings. The van der Waals surface area contributed by atoms with Crippen LogP contribution in [0.2, 0.25) is 0 Å². The minimum Gasteiger partial charge on any atom is -0.328 e. The fourth-order valence-electron chi connectivity index (χ4n) is 2.38. The maximum Gasteiger partial charge on any atom is 0.237 e. The van der Waals surface area contributed by atoms with Crippen molar-refractivity contribution in [2.24, 2.45) is 0 Å². The van der Waals surface area contributed by atoms with Crippen molar-refractivity contribution < 1.29 is 9.18 Å². The van der Waals surface area contributed by atoms with Gasteiger partial charge in [-0.25, -0.2) is 4.39 Å². The van der Waals surface area contributed by atoms with Gasteiger partial charge >= 0.3 is 0 Å². The molecule has 5 nitrogen and oxygen atoms in total. The molecule has 1 unspecified atom stereocenters. The number of aromatic nitrogens is 2. The van der Waals surface area contributed by atoms with Crippen molar-refractivity contribution >= 4 is 45.5 Å². The highest BCUT2D eigenvalue weighted by Crippen LogP contribution is 2.31. The lowest BCUT2D eigenvalue weighted by molar-refractivity contribution is -0.115. The average Bonchev–Trinajstić information content (AvgIpc) is 3.06. The van der Waals surface area contributed by atoms with Crippen molar-refractivity contribution in [2.45, 2.75) is 30.4 Å². The van der Waals surface area contributed by atoms with E-state index in [1.165, 1.54) is 29.2 Å². The van der Waals surface area contributed by atoms with Crippen molar-refractivity contribution in [1.82, 2.24) is 10.2 Å². The van der Waals surface area contributed by atoms with Crippen LogP contribution in [-0.2, 0) is 4.79 Å². The number of nitrogens with zero attached hydrogens (tertiary/aromatic N) is 2. The number of amides is 1. The average molecular weight is 403 g/mol. The Labute approximate surface area is 165 Å². The third-order valence-corrected chi connectivity index (χ3v) is 5.83. The van der Waals surface area contributed by atoms with Crippen molar-refractivity contribution in [3.63, 3.8) is 0 Å². The Morgan fingerprint density at radius 3 is 2.67 bits per heavy atom. The number of halogens is 1. The zero-order valence-electron chi connectivity index (χ0n) is 15.1. The Hall–Kier alpha value is -2.45. The summed E-state index contributed by atoms with van der Waals surface area (Å²) in [5, 5.41) is 14.1. The van der Waals surface area contributed by atoms with E-state index in [0.29, 0.717) is 15.2 Å². The molecular weight excluding hydrogens is 383 g/mol. The van der Waals surface area contributed by atoms with Crippen LogP contribution in [0.15, 0.2) is 46.8 Å². The molecule has 1 aromatic heterocycles. The van der Waals surface area contributed by atoms with Crippen LogP contribution in [0.5, 0.6) is 0 Å². The molecule has 0 aliphatic heterocycles. The Morgan fingerprint density at radius 2 is 1.93 bits per heavy atom. The molecule has 0 aliphatic carbocycles. The van der Waals surface area contributed by atoms with E-state index >= 15 is 0 Å². The summed E-state index contributed by atoms with van der Waals surface area (Å²) in [4.78, 5) is 12.5. The third kappa shape index (κ3) is 5.05. The fraction of sp³-hybridized carbons (Fsp3) is 0.211. The van der Waals surface area contributed by atoms with Gasteiger partial charge in [-0.3, -0.25) is 4.79 Å². The molecule has 0 bridgehead atoms. The van der Waals surface area contributed by atoms with Crippen LogP contribution in [0.25, 0.3) is 0 Å². The molecule has 0 spiro atoms. The van der Waals surface area contributed by atoms with Gasteiger partial charge in [0.1, 0.15) is 5.82 Å². The molecule has 1 amide bonds. The van der Waals surface area contributed by atoms with Gasteiger partial charge in [0, 0.05) is 5.69 Å². The number of rotatable bonds is 6. The van der Waals surface area contributed by atoms with Crippen LogP contribution in [0.1, 0.15) is 18.1 Å². The van der Waals surface area contributed by atoms with E-state index < -0.39 is 0 Å². The number of anilines is 3. The topological polar surface area (TPSA) is 66.9 Å². The number of hydrogen-bond donors (Lipinski definition) is 2. The molecule has 0 fully saturated rings. The molecule has 1 atom stereocenters. The number of carbonyl (C=O) groups excluding carboxylic acids is 1. The maximum atomic E-state index is 13.7. The van der Waals surface area contributed by atoms with E-state index in [1.807, 2.05) is 39.0 Å². The molecule has 3 rings (SSSR count). The first-order valence-corrected chi connectivity index (χ1v) is 10.0. The molecule has 0 saturated carbocycles. The molecule has 8 heteroatoms. The third-order valence-electron chi connectivity index (χ3n) is 3.81. The second kappa shape index (κ2) is 8.49. The van der Waals surface area contributed by atoms with Crippen molar-refractivity contribution in [1.29, 1.82) is 0 Å². The van der Waals surface area contributed by atoms with Gasteiger partial charge in [-0.2, -0.15) is 0 Å². The molecule has 0 radical (unpaired) electrons. The van der Waals surface area contributed by atoms with Crippen molar-refractivity contribution in [3.8, 4) is 0 Å². The summed E-state index contributed by atoms with van der Waals surface area (Å²) in [6, 6.07) is 12.3. The predicted octanol–water partition coefficient (Wildman–Crippen LogP) is 5.16. The summed E-state index contributed by atoms with van der Waals surface area (Å²) in [5.41, 5.74) is 3.31. The summed E-state index contributed by atoms with van der Waals surface area (Å²) in [7, 11) is 0. The smallest absolute Gasteiger partial charge is 0.237 e. The second-order valence-corrected chi connectivity index (χ2v) is 8.61. The number of thioether (sulfide) groups is 1. The zero-order valence-corrected chi connectivity index (χ0v) is 16.7. The lowest BCUT2D eigenvalue weighted by atomic mass is 10.1. The van der Waals surface area contributed by atoms with E-state index in [-0.39, 0.29) is 17.0 Å². The molecule has 2 N–H and O–H groups in total. The molecule has 0 saturated heterocycles. The molecule has 2 aromatic carbocycles. The molecule has 140 valence electrons. The highest BCUT2D eigenvalue weighted by atomic mass is 32.2. The Balaban J connectivity index is 1.61. The fourth-order valence-corrected chi connectivity index (χ4v) is 4.29. The number of hydrogen-bond acceptors (Lipinski definition) is 6. The first-order chi connectivity index (χ1) is 12.9. The van der Waals surface area contributed by atoms with E-state index in [2.05, 4.69) is 20.8 Å². The Bertz CT molecular complexity index is 960. The molecule has 1 heterocycles. The lowest BCUT2D eigenvalue weighted by Crippen LogP contribution is -2.22. The highest BCUT2D eigenvalue weighted by molar-refractivity contribution is 8.02. The van der Waals surface area contributed by atoms with Crippen LogP contribution in [-0.4, -0.2) is 21.4 Å². The van der Waals surface area contributed by atoms with Gasteiger partial charge in [0.15, 0.2) is 4.34 Å². The minimum absolute atomic E-state index is 0.106. The van der Waals surface area contributed by atoms with Gasteiger partial charge in [-0.15, -0.1) is 10.2 Å². The summed E-state index contributed by atoms with van der Waals surface area (Å²) in [5.74, 6) is -0.464. The van der Waals surface area contributed by atoms with Gasteiger partial charge in [0.05, 0.1) is 10.9 Å². The summed E-state index contributed by atoms with van der Waals surface area (Å²) in [6.45, 7) is 5.79. The predicted molar refractivity (Wildman–Crippen MR) is 109 cm³/mol. The number of para-hydroxylation sites is 1. The van der Waals surface area contributed by atoms with E-state index in [0.717, 1.165) is 16.8 Å². The first kappa shape index (κ1) is 19.3. The first-order valence-electron chi connectivity index (χ1n) is 8.32. The maximum absolute atomic E-state index is 13.7. The molecule has 27 heavy (non-hydrogen) atoms. The number of carbonyl (C=O) groups is 1. The summed E-state index contributed by atoms with van der Waals surface area (Å²) in [6.07, 6.45) is 0.